The molecule has 2 amide bonds. The van der Waals surface area contributed by atoms with E-state index in [4.69, 9.17) is 5.11 Å². The molecule has 0 spiro atoms. The Morgan fingerprint density at radius 1 is 1.25 bits per heavy atom. The number of carbonyl (C=O) groups is 2. The van der Waals surface area contributed by atoms with Gasteiger partial charge < -0.3 is 15.7 Å². The van der Waals surface area contributed by atoms with Crippen LogP contribution in [0.1, 0.15) is 6.42 Å². The van der Waals surface area contributed by atoms with Crippen LogP contribution in [0.2, 0.25) is 0 Å². The molecule has 1 aromatic carbocycles. The zero-order valence-corrected chi connectivity index (χ0v) is 10.3. The van der Waals surface area contributed by atoms with Gasteiger partial charge in [-0.2, -0.15) is 0 Å². The van der Waals surface area contributed by atoms with E-state index in [1.165, 1.54) is 18.2 Å². The fourth-order valence-electron chi connectivity index (χ4n) is 1.92. The van der Waals surface area contributed by atoms with Crippen LogP contribution in [0.5, 0.6) is 0 Å². The molecule has 2 rings (SSSR count). The van der Waals surface area contributed by atoms with E-state index in [9.17, 15) is 18.4 Å². The van der Waals surface area contributed by atoms with E-state index in [2.05, 4.69) is 10.6 Å². The third-order valence-corrected chi connectivity index (χ3v) is 2.92. The number of halogens is 2. The Balaban J connectivity index is 1.92. The van der Waals surface area contributed by atoms with Crippen LogP contribution in [0.4, 0.5) is 19.3 Å². The first-order valence-electron chi connectivity index (χ1n) is 5.90. The molecule has 1 aromatic rings. The molecule has 1 aliphatic rings. The first-order valence-corrected chi connectivity index (χ1v) is 5.90. The number of hydrogen-bond acceptors (Lipinski definition) is 2. The molecular formula is C13H12F2N2O3. The zero-order valence-electron chi connectivity index (χ0n) is 10.3. The molecule has 0 saturated carbocycles. The van der Waals surface area contributed by atoms with Crippen molar-refractivity contribution in [1.29, 1.82) is 0 Å². The smallest absolute Gasteiger partial charge is 0.319 e. The minimum absolute atomic E-state index is 0.231. The van der Waals surface area contributed by atoms with Gasteiger partial charge >= 0.3 is 12.0 Å². The molecule has 0 radical (unpaired) electrons. The maximum atomic E-state index is 13.3. The van der Waals surface area contributed by atoms with Gasteiger partial charge in [0.1, 0.15) is 0 Å². The Bertz CT molecular complexity index is 575. The summed E-state index contributed by atoms with van der Waals surface area (Å²) < 4.78 is 26.3. The number of urea groups is 1. The molecular weight excluding hydrogens is 270 g/mol. The molecule has 3 N–H and O–H groups in total. The Labute approximate surface area is 113 Å². The molecule has 0 aliphatic heterocycles. The lowest BCUT2D eigenvalue weighted by atomic mass is 10.1. The van der Waals surface area contributed by atoms with Gasteiger partial charge in [0.05, 0.1) is 17.6 Å². The van der Waals surface area contributed by atoms with Crippen LogP contribution >= 0.6 is 0 Å². The van der Waals surface area contributed by atoms with Gasteiger partial charge in [0.25, 0.3) is 0 Å². The Hall–Kier alpha value is -2.44. The number of carbonyl (C=O) groups excluding carboxylic acids is 1. The van der Waals surface area contributed by atoms with Crippen molar-refractivity contribution in [2.45, 2.75) is 12.5 Å². The second-order valence-corrected chi connectivity index (χ2v) is 4.37. The molecule has 0 fully saturated rings. The van der Waals surface area contributed by atoms with Crippen molar-refractivity contribution in [3.05, 3.63) is 42.0 Å². The topological polar surface area (TPSA) is 78.4 Å². The number of rotatable bonds is 3. The third-order valence-electron chi connectivity index (χ3n) is 2.92. The summed E-state index contributed by atoms with van der Waals surface area (Å²) in [5, 5.41) is 13.4. The first kappa shape index (κ1) is 14.0. The van der Waals surface area contributed by atoms with Gasteiger partial charge in [-0.05, 0) is 18.6 Å². The highest BCUT2D eigenvalue weighted by Crippen LogP contribution is 2.19. The average molecular weight is 282 g/mol. The summed E-state index contributed by atoms with van der Waals surface area (Å²) in [7, 11) is 0. The van der Waals surface area contributed by atoms with Crippen molar-refractivity contribution >= 4 is 17.7 Å². The lowest BCUT2D eigenvalue weighted by Crippen LogP contribution is -2.36. The van der Waals surface area contributed by atoms with Crippen molar-refractivity contribution in [3.63, 3.8) is 0 Å². The van der Waals surface area contributed by atoms with E-state index < -0.39 is 35.6 Å². The standard InChI is InChI=1S/C13H12F2N2O3/c14-9-2-1-3-10(11(9)15)17-13(20)16-8-5-4-7(6-8)12(18)19/h1-5,7-8H,6H2,(H,18,19)(H2,16,17,20). The summed E-state index contributed by atoms with van der Waals surface area (Å²) in [6.45, 7) is 0. The highest BCUT2D eigenvalue weighted by Gasteiger charge is 2.25. The van der Waals surface area contributed by atoms with Crippen LogP contribution in [-0.2, 0) is 4.79 Å². The quantitative estimate of drug-likeness (QED) is 0.743. The molecule has 7 heteroatoms. The van der Waals surface area contributed by atoms with Crippen LogP contribution in [0, 0.1) is 17.6 Å². The lowest BCUT2D eigenvalue weighted by Gasteiger charge is -2.13. The maximum absolute atomic E-state index is 13.3. The molecule has 2 unspecified atom stereocenters. The molecule has 0 bridgehead atoms. The number of amides is 2. The van der Waals surface area contributed by atoms with Gasteiger partial charge in [0.2, 0.25) is 0 Å². The van der Waals surface area contributed by atoms with E-state index in [0.29, 0.717) is 0 Å². The van der Waals surface area contributed by atoms with E-state index in [1.54, 1.807) is 6.08 Å². The molecule has 2 atom stereocenters. The minimum atomic E-state index is -1.15. The SMILES string of the molecule is O=C(Nc1cccc(F)c1F)NC1C=CC(C(=O)O)C1. The van der Waals surface area contributed by atoms with Gasteiger partial charge in [-0.15, -0.1) is 0 Å². The highest BCUT2D eigenvalue weighted by molar-refractivity contribution is 5.89. The first-order chi connectivity index (χ1) is 9.47. The van der Waals surface area contributed by atoms with Gasteiger partial charge in [-0.25, -0.2) is 13.6 Å². The maximum Gasteiger partial charge on any atom is 0.319 e. The number of hydrogen-bond donors (Lipinski definition) is 3. The number of carboxylic acid groups (broad SMARTS) is 1. The predicted octanol–water partition coefficient (Wildman–Crippen LogP) is 2.12. The predicted molar refractivity (Wildman–Crippen MR) is 67.2 cm³/mol. The Morgan fingerprint density at radius 3 is 2.65 bits per heavy atom. The van der Waals surface area contributed by atoms with Crippen LogP contribution in [-0.4, -0.2) is 23.1 Å². The highest BCUT2D eigenvalue weighted by atomic mass is 19.2. The number of aliphatic carboxylic acids is 1. The normalized spacial score (nSPS) is 20.7. The Morgan fingerprint density at radius 2 is 2.00 bits per heavy atom. The van der Waals surface area contributed by atoms with Crippen LogP contribution in [0.3, 0.4) is 0 Å². The van der Waals surface area contributed by atoms with Gasteiger partial charge in [0, 0.05) is 0 Å². The molecule has 20 heavy (non-hydrogen) atoms. The fraction of sp³-hybridized carbons (Fsp3) is 0.231. The van der Waals surface area contributed by atoms with Crippen LogP contribution in [0.15, 0.2) is 30.4 Å². The van der Waals surface area contributed by atoms with Crippen LogP contribution in [0.25, 0.3) is 0 Å². The number of nitrogens with one attached hydrogen (secondary N) is 2. The summed E-state index contributed by atoms with van der Waals surface area (Å²) >= 11 is 0. The molecule has 1 aliphatic carbocycles. The summed E-state index contributed by atoms with van der Waals surface area (Å²) in [5.41, 5.74) is -0.278. The van der Waals surface area contributed by atoms with E-state index in [1.807, 2.05) is 0 Å². The lowest BCUT2D eigenvalue weighted by molar-refractivity contribution is -0.140. The van der Waals surface area contributed by atoms with Crippen molar-refractivity contribution in [2.75, 3.05) is 5.32 Å². The van der Waals surface area contributed by atoms with Crippen LogP contribution < -0.4 is 10.6 Å². The van der Waals surface area contributed by atoms with E-state index >= 15 is 0 Å². The number of benzene rings is 1. The largest absolute Gasteiger partial charge is 0.481 e. The van der Waals surface area contributed by atoms with Gasteiger partial charge in [0.15, 0.2) is 11.6 Å². The summed E-state index contributed by atoms with van der Waals surface area (Å²) in [5.74, 6) is -3.82. The zero-order chi connectivity index (χ0) is 14.7. The number of anilines is 1. The summed E-state index contributed by atoms with van der Waals surface area (Å²) in [4.78, 5) is 22.4. The minimum Gasteiger partial charge on any atom is -0.481 e. The van der Waals surface area contributed by atoms with Gasteiger partial charge in [-0.1, -0.05) is 18.2 Å². The summed E-state index contributed by atoms with van der Waals surface area (Å²) in [6.07, 6.45) is 3.27. The van der Waals surface area contributed by atoms with Gasteiger partial charge in [-0.3, -0.25) is 4.79 Å². The van der Waals surface area contributed by atoms with E-state index in [-0.39, 0.29) is 12.1 Å². The monoisotopic (exact) mass is 282 g/mol. The van der Waals surface area contributed by atoms with Crippen molar-refractivity contribution < 1.29 is 23.5 Å². The average Bonchev–Trinajstić information content (AvgIpc) is 2.83. The fourth-order valence-corrected chi connectivity index (χ4v) is 1.92. The molecule has 0 aromatic heterocycles. The molecule has 0 heterocycles. The number of carboxylic acids is 1. The molecule has 0 saturated heterocycles. The van der Waals surface area contributed by atoms with Crippen molar-refractivity contribution in [3.8, 4) is 0 Å². The third kappa shape index (κ3) is 3.11. The second-order valence-electron chi connectivity index (χ2n) is 4.37. The second kappa shape index (κ2) is 5.68. The van der Waals surface area contributed by atoms with E-state index in [0.717, 1.165) is 6.07 Å². The summed E-state index contributed by atoms with van der Waals surface area (Å²) in [6, 6.07) is 2.25. The van der Waals surface area contributed by atoms with Crippen molar-refractivity contribution in [1.82, 2.24) is 5.32 Å². The Kier molecular flexibility index (Phi) is 3.97. The molecule has 5 nitrogen and oxygen atoms in total. The molecule has 106 valence electrons. The van der Waals surface area contributed by atoms with Crippen molar-refractivity contribution in [2.24, 2.45) is 5.92 Å².